The minimum atomic E-state index is -0.428. The Labute approximate surface area is 147 Å². The first kappa shape index (κ1) is 18.2. The molecular weight excluding hydrogens is 300 g/mol. The zero-order valence-corrected chi connectivity index (χ0v) is 16.2. The first-order valence-electron chi connectivity index (χ1n) is 10.1. The lowest BCUT2D eigenvalue weighted by atomic mass is 9.55. The van der Waals surface area contributed by atoms with Crippen molar-refractivity contribution in [3.05, 3.63) is 0 Å². The Bertz CT molecular complexity index is 426. The predicted octanol–water partition coefficient (Wildman–Crippen LogP) is 5.18. The fraction of sp³-hybridized carbons (Fsp3) is 0.952. The third-order valence-electron chi connectivity index (χ3n) is 6.79. The van der Waals surface area contributed by atoms with Crippen molar-refractivity contribution in [3.63, 3.8) is 0 Å². The van der Waals surface area contributed by atoms with Crippen molar-refractivity contribution in [1.82, 2.24) is 0 Å². The van der Waals surface area contributed by atoms with Crippen LogP contribution < -0.4 is 0 Å². The smallest absolute Gasteiger partial charge is 0.313 e. The van der Waals surface area contributed by atoms with Crippen LogP contribution in [0, 0.1) is 35.0 Å². The second kappa shape index (κ2) is 6.97. The summed E-state index contributed by atoms with van der Waals surface area (Å²) in [6, 6.07) is 0. The number of hydrogen-bond donors (Lipinski definition) is 0. The second-order valence-electron chi connectivity index (χ2n) is 9.73. The van der Waals surface area contributed by atoms with E-state index in [9.17, 15) is 4.79 Å². The quantitative estimate of drug-likeness (QED) is 0.475. The van der Waals surface area contributed by atoms with E-state index < -0.39 is 5.41 Å². The summed E-state index contributed by atoms with van der Waals surface area (Å²) in [5, 5.41) is 0. The monoisotopic (exact) mass is 336 g/mol. The van der Waals surface area contributed by atoms with Gasteiger partial charge in [0.05, 0.1) is 11.5 Å². The molecule has 4 rings (SSSR count). The zero-order valence-electron chi connectivity index (χ0n) is 16.2. The number of carbonyl (C=O) groups excluding carboxylic acids is 1. The summed E-state index contributed by atoms with van der Waals surface area (Å²) in [6.45, 7) is 10.3. The Balaban J connectivity index is 1.65. The van der Waals surface area contributed by atoms with Crippen LogP contribution in [-0.4, -0.2) is 18.4 Å². The van der Waals surface area contributed by atoms with Gasteiger partial charge in [-0.3, -0.25) is 4.79 Å². The van der Waals surface area contributed by atoms with Crippen molar-refractivity contribution in [2.24, 2.45) is 35.0 Å². The molecule has 0 heterocycles. The molecule has 1 unspecified atom stereocenters. The molecule has 138 valence electrons. The normalized spacial score (nSPS) is 36.2. The Hall–Kier alpha value is -0.570. The largest absolute Gasteiger partial charge is 0.435 e. The van der Waals surface area contributed by atoms with Gasteiger partial charge in [0, 0.05) is 6.42 Å². The van der Waals surface area contributed by atoms with Gasteiger partial charge in [-0.2, -0.15) is 0 Å². The summed E-state index contributed by atoms with van der Waals surface area (Å²) in [5.74, 6) is 3.64. The average molecular weight is 337 g/mol. The van der Waals surface area contributed by atoms with Gasteiger partial charge in [-0.05, 0) is 82.0 Å². The Morgan fingerprint density at radius 3 is 2.04 bits per heavy atom. The van der Waals surface area contributed by atoms with Gasteiger partial charge in [0.25, 0.3) is 0 Å². The molecule has 0 aromatic carbocycles. The van der Waals surface area contributed by atoms with Crippen molar-refractivity contribution in [2.45, 2.75) is 92.0 Å². The Kier molecular flexibility index (Phi) is 5.30. The molecule has 3 nitrogen and oxygen atoms in total. The van der Waals surface area contributed by atoms with Crippen LogP contribution in [0.3, 0.4) is 0 Å². The highest BCUT2D eigenvalue weighted by molar-refractivity contribution is 5.75. The molecule has 24 heavy (non-hydrogen) atoms. The van der Waals surface area contributed by atoms with E-state index in [1.54, 1.807) is 0 Å². The third-order valence-corrected chi connectivity index (χ3v) is 6.79. The van der Waals surface area contributed by atoms with Crippen molar-refractivity contribution in [1.29, 1.82) is 0 Å². The zero-order chi connectivity index (χ0) is 17.5. The molecule has 0 amide bonds. The van der Waals surface area contributed by atoms with Crippen LogP contribution in [0.1, 0.15) is 79.6 Å². The summed E-state index contributed by atoms with van der Waals surface area (Å²) >= 11 is 0. The molecule has 0 N–H and O–H groups in total. The van der Waals surface area contributed by atoms with Crippen molar-refractivity contribution in [3.8, 4) is 0 Å². The van der Waals surface area contributed by atoms with E-state index in [1.807, 2.05) is 20.8 Å². The maximum atomic E-state index is 12.5. The first-order valence-corrected chi connectivity index (χ1v) is 10.1. The number of carbonyl (C=O) groups is 1. The van der Waals surface area contributed by atoms with Crippen molar-refractivity contribution < 1.29 is 14.3 Å². The van der Waals surface area contributed by atoms with E-state index in [0.717, 1.165) is 24.7 Å². The van der Waals surface area contributed by atoms with E-state index in [4.69, 9.17) is 9.47 Å². The van der Waals surface area contributed by atoms with E-state index in [-0.39, 0.29) is 12.3 Å². The highest BCUT2D eigenvalue weighted by Gasteiger charge is 2.49. The van der Waals surface area contributed by atoms with E-state index in [2.05, 4.69) is 13.8 Å². The number of esters is 1. The predicted molar refractivity (Wildman–Crippen MR) is 95.3 cm³/mol. The molecule has 0 aromatic heterocycles. The summed E-state index contributed by atoms with van der Waals surface area (Å²) in [5.41, 5.74) is -0.428. The van der Waals surface area contributed by atoms with Gasteiger partial charge in [0.15, 0.2) is 0 Å². The van der Waals surface area contributed by atoms with Gasteiger partial charge in [-0.25, -0.2) is 0 Å². The molecule has 4 saturated carbocycles. The summed E-state index contributed by atoms with van der Waals surface area (Å²) in [6.07, 6.45) is 8.33. The molecule has 0 radical (unpaired) electrons. The second-order valence-corrected chi connectivity index (χ2v) is 9.73. The van der Waals surface area contributed by atoms with Gasteiger partial charge < -0.3 is 9.47 Å². The molecule has 0 aliphatic heterocycles. The third kappa shape index (κ3) is 3.81. The summed E-state index contributed by atoms with van der Waals surface area (Å²) < 4.78 is 12.4. The van der Waals surface area contributed by atoms with Crippen LogP contribution in [0.15, 0.2) is 0 Å². The van der Waals surface area contributed by atoms with Gasteiger partial charge in [0.2, 0.25) is 6.29 Å². The fourth-order valence-corrected chi connectivity index (χ4v) is 5.21. The summed E-state index contributed by atoms with van der Waals surface area (Å²) in [7, 11) is 0. The van der Waals surface area contributed by atoms with Crippen LogP contribution >= 0.6 is 0 Å². The topological polar surface area (TPSA) is 35.5 Å². The molecule has 4 fully saturated rings. The van der Waals surface area contributed by atoms with Crippen LogP contribution in [-0.2, 0) is 14.3 Å². The van der Waals surface area contributed by atoms with E-state index >= 15 is 0 Å². The van der Waals surface area contributed by atoms with E-state index in [1.165, 1.54) is 32.1 Å². The van der Waals surface area contributed by atoms with Crippen LogP contribution in [0.5, 0.6) is 0 Å². The van der Waals surface area contributed by atoms with Gasteiger partial charge in [-0.15, -0.1) is 0 Å². The standard InChI is InChI=1S/C21H36O3/c1-6-21(4,5)20(22)24-18(7-13(2)3)23-19-16-9-14-8-15(11-16)12-17(19)10-14/h13-19H,6-12H2,1-5H3. The Morgan fingerprint density at radius 1 is 1.04 bits per heavy atom. The fourth-order valence-electron chi connectivity index (χ4n) is 5.21. The lowest BCUT2D eigenvalue weighted by Gasteiger charge is -2.54. The van der Waals surface area contributed by atoms with E-state index in [0.29, 0.717) is 23.9 Å². The van der Waals surface area contributed by atoms with Gasteiger partial charge in [0.1, 0.15) is 0 Å². The SMILES string of the molecule is CCC(C)(C)C(=O)OC(CC(C)C)OC1C2CC3CC(C2)CC1C3. The molecule has 0 saturated heterocycles. The van der Waals surface area contributed by atoms with Crippen molar-refractivity contribution >= 4 is 5.97 Å². The molecule has 1 atom stereocenters. The number of hydrogen-bond acceptors (Lipinski definition) is 3. The maximum absolute atomic E-state index is 12.5. The van der Waals surface area contributed by atoms with Crippen LogP contribution in [0.4, 0.5) is 0 Å². The van der Waals surface area contributed by atoms with Gasteiger partial charge >= 0.3 is 5.97 Å². The molecule has 4 aliphatic rings. The lowest BCUT2D eigenvalue weighted by molar-refractivity contribution is -0.233. The molecule has 3 heteroatoms. The highest BCUT2D eigenvalue weighted by Crippen LogP contribution is 2.55. The van der Waals surface area contributed by atoms with Gasteiger partial charge in [-0.1, -0.05) is 20.8 Å². The number of ether oxygens (including phenoxy) is 2. The summed E-state index contributed by atoms with van der Waals surface area (Å²) in [4.78, 5) is 12.5. The van der Waals surface area contributed by atoms with Crippen LogP contribution in [0.2, 0.25) is 0 Å². The van der Waals surface area contributed by atoms with Crippen molar-refractivity contribution in [2.75, 3.05) is 0 Å². The molecule has 4 bridgehead atoms. The van der Waals surface area contributed by atoms with Crippen LogP contribution in [0.25, 0.3) is 0 Å². The molecule has 4 aliphatic carbocycles. The highest BCUT2D eigenvalue weighted by atomic mass is 16.7. The maximum Gasteiger partial charge on any atom is 0.313 e. The average Bonchev–Trinajstić information content (AvgIpc) is 2.49. The first-order chi connectivity index (χ1) is 11.3. The minimum absolute atomic E-state index is 0.112. The lowest BCUT2D eigenvalue weighted by Crippen LogP contribution is -2.51. The molecule has 0 aromatic rings. The molecule has 0 spiro atoms. The Morgan fingerprint density at radius 2 is 1.58 bits per heavy atom. The number of rotatable bonds is 7. The molecular formula is C21H36O3. The minimum Gasteiger partial charge on any atom is -0.435 e.